The molecule has 0 aliphatic rings. The van der Waals surface area contributed by atoms with E-state index in [9.17, 15) is 4.79 Å². The van der Waals surface area contributed by atoms with Gasteiger partial charge in [0.15, 0.2) is 0 Å². The molecule has 2 N–H and O–H groups in total. The Morgan fingerprint density at radius 3 is 3.08 bits per heavy atom. The molecule has 0 spiro atoms. The summed E-state index contributed by atoms with van der Waals surface area (Å²) in [5, 5.41) is 8.65. The highest BCUT2D eigenvalue weighted by atomic mass is 16.2. The maximum atomic E-state index is 11.2. The maximum absolute atomic E-state index is 11.2. The average molecular weight is 169 g/mol. The number of anilines is 1. The van der Waals surface area contributed by atoms with Crippen molar-refractivity contribution in [2.45, 2.75) is 6.92 Å². The first-order valence-corrected chi connectivity index (χ1v) is 3.61. The number of rotatable bonds is 2. The summed E-state index contributed by atoms with van der Waals surface area (Å²) >= 11 is 0. The summed E-state index contributed by atoms with van der Waals surface area (Å²) in [6, 6.07) is -0.200. The van der Waals surface area contributed by atoms with E-state index in [1.807, 2.05) is 6.92 Å². The number of urea groups is 1. The predicted octanol–water partition coefficient (Wildman–Crippen LogP) is 0.288. The van der Waals surface area contributed by atoms with Crippen molar-refractivity contribution in [3.8, 4) is 0 Å². The van der Waals surface area contributed by atoms with Crippen LogP contribution in [-0.2, 0) is 0 Å². The molecule has 1 aromatic rings. The lowest BCUT2D eigenvalue weighted by molar-refractivity contribution is 0.224. The first-order valence-electron chi connectivity index (χ1n) is 3.61. The number of amides is 2. The van der Waals surface area contributed by atoms with Crippen LogP contribution in [0.3, 0.4) is 0 Å². The Balaban J connectivity index is 2.47. The molecule has 0 saturated heterocycles. The van der Waals surface area contributed by atoms with Crippen molar-refractivity contribution in [1.82, 2.24) is 20.1 Å². The van der Waals surface area contributed by atoms with Crippen LogP contribution in [-0.4, -0.2) is 39.7 Å². The smallest absolute Gasteiger partial charge is 0.323 e. The van der Waals surface area contributed by atoms with Gasteiger partial charge < -0.3 is 4.90 Å². The lowest BCUT2D eigenvalue weighted by Gasteiger charge is -2.13. The molecule has 0 unspecified atom stereocenters. The molecule has 0 radical (unpaired) electrons. The highest BCUT2D eigenvalue weighted by Crippen LogP contribution is 1.94. The standard InChI is InChI=1S/C6H11N5O/c1-3-11(2)6(12)9-5-7-4-8-10-5/h4H,3H2,1-2H3,(H2,7,8,9,10,12). The second-order valence-corrected chi connectivity index (χ2v) is 2.28. The van der Waals surface area contributed by atoms with Gasteiger partial charge in [0.1, 0.15) is 6.33 Å². The summed E-state index contributed by atoms with van der Waals surface area (Å²) in [5.41, 5.74) is 0. The summed E-state index contributed by atoms with van der Waals surface area (Å²) in [6.45, 7) is 2.54. The van der Waals surface area contributed by atoms with E-state index >= 15 is 0 Å². The van der Waals surface area contributed by atoms with Crippen LogP contribution in [0.5, 0.6) is 0 Å². The van der Waals surface area contributed by atoms with Gasteiger partial charge in [0.05, 0.1) is 0 Å². The molecule has 1 heterocycles. The Bertz CT molecular complexity index is 244. The summed E-state index contributed by atoms with van der Waals surface area (Å²) in [4.78, 5) is 16.4. The van der Waals surface area contributed by atoms with Gasteiger partial charge in [-0.2, -0.15) is 10.1 Å². The summed E-state index contributed by atoms with van der Waals surface area (Å²) in [6.07, 6.45) is 1.33. The number of hydrogen-bond donors (Lipinski definition) is 2. The fourth-order valence-corrected chi connectivity index (χ4v) is 0.606. The molecule has 6 heteroatoms. The molecule has 1 aromatic heterocycles. The Kier molecular flexibility index (Phi) is 2.62. The number of aromatic amines is 1. The van der Waals surface area contributed by atoms with Crippen molar-refractivity contribution < 1.29 is 4.79 Å². The molecule has 1 rings (SSSR count). The van der Waals surface area contributed by atoms with E-state index in [-0.39, 0.29) is 6.03 Å². The number of nitrogens with zero attached hydrogens (tertiary/aromatic N) is 3. The summed E-state index contributed by atoms with van der Waals surface area (Å²) < 4.78 is 0. The van der Waals surface area contributed by atoms with Crippen LogP contribution in [0.25, 0.3) is 0 Å². The van der Waals surface area contributed by atoms with E-state index < -0.39 is 0 Å². The lowest BCUT2D eigenvalue weighted by atomic mass is 10.6. The van der Waals surface area contributed by atoms with Crippen LogP contribution in [0.15, 0.2) is 6.33 Å². The van der Waals surface area contributed by atoms with Gasteiger partial charge in [-0.1, -0.05) is 0 Å². The number of aromatic nitrogens is 3. The molecule has 66 valence electrons. The number of hydrogen-bond acceptors (Lipinski definition) is 3. The third-order valence-electron chi connectivity index (χ3n) is 1.46. The van der Waals surface area contributed by atoms with E-state index in [4.69, 9.17) is 0 Å². The van der Waals surface area contributed by atoms with Crippen molar-refractivity contribution in [2.24, 2.45) is 0 Å². The molecule has 0 aromatic carbocycles. The van der Waals surface area contributed by atoms with Gasteiger partial charge in [0.2, 0.25) is 5.95 Å². The Labute approximate surface area is 70.0 Å². The lowest BCUT2D eigenvalue weighted by Crippen LogP contribution is -2.31. The van der Waals surface area contributed by atoms with Crippen LogP contribution < -0.4 is 5.32 Å². The number of H-pyrrole nitrogens is 1. The van der Waals surface area contributed by atoms with Crippen molar-refractivity contribution in [1.29, 1.82) is 0 Å². The van der Waals surface area contributed by atoms with Crippen LogP contribution >= 0.6 is 0 Å². The molecule has 0 aliphatic heterocycles. The van der Waals surface area contributed by atoms with E-state index in [2.05, 4.69) is 20.5 Å². The number of carbonyl (C=O) groups excluding carboxylic acids is 1. The molecule has 12 heavy (non-hydrogen) atoms. The van der Waals surface area contributed by atoms with Gasteiger partial charge in [-0.25, -0.2) is 9.89 Å². The fraction of sp³-hybridized carbons (Fsp3) is 0.500. The largest absolute Gasteiger partial charge is 0.328 e. The van der Waals surface area contributed by atoms with Gasteiger partial charge in [-0.3, -0.25) is 5.32 Å². The fourth-order valence-electron chi connectivity index (χ4n) is 0.606. The third kappa shape index (κ3) is 1.94. The minimum Gasteiger partial charge on any atom is -0.328 e. The number of nitrogens with one attached hydrogen (secondary N) is 2. The van der Waals surface area contributed by atoms with Crippen molar-refractivity contribution >= 4 is 12.0 Å². The molecule has 0 fully saturated rings. The minimum atomic E-state index is -0.200. The zero-order valence-corrected chi connectivity index (χ0v) is 7.03. The zero-order valence-electron chi connectivity index (χ0n) is 7.03. The van der Waals surface area contributed by atoms with Crippen LogP contribution in [0.1, 0.15) is 6.92 Å². The second kappa shape index (κ2) is 3.70. The van der Waals surface area contributed by atoms with Crippen molar-refractivity contribution in [3.05, 3.63) is 6.33 Å². The quantitative estimate of drug-likeness (QED) is 0.668. The van der Waals surface area contributed by atoms with Gasteiger partial charge in [0, 0.05) is 13.6 Å². The zero-order chi connectivity index (χ0) is 8.97. The highest BCUT2D eigenvalue weighted by Gasteiger charge is 2.06. The van der Waals surface area contributed by atoms with Crippen molar-refractivity contribution in [3.63, 3.8) is 0 Å². The van der Waals surface area contributed by atoms with Crippen LogP contribution in [0, 0.1) is 0 Å². The van der Waals surface area contributed by atoms with E-state index in [0.717, 1.165) is 0 Å². The minimum absolute atomic E-state index is 0.200. The van der Waals surface area contributed by atoms with Gasteiger partial charge in [-0.15, -0.1) is 0 Å². The molecular weight excluding hydrogens is 158 g/mol. The van der Waals surface area contributed by atoms with Crippen molar-refractivity contribution in [2.75, 3.05) is 18.9 Å². The van der Waals surface area contributed by atoms with Gasteiger partial charge in [-0.05, 0) is 6.92 Å². The topological polar surface area (TPSA) is 73.9 Å². The molecule has 0 atom stereocenters. The van der Waals surface area contributed by atoms with Crippen LogP contribution in [0.2, 0.25) is 0 Å². The highest BCUT2D eigenvalue weighted by molar-refractivity contribution is 5.87. The van der Waals surface area contributed by atoms with Gasteiger partial charge >= 0.3 is 6.03 Å². The summed E-state index contributed by atoms with van der Waals surface area (Å²) in [7, 11) is 1.70. The van der Waals surface area contributed by atoms with E-state index in [1.54, 1.807) is 7.05 Å². The third-order valence-corrected chi connectivity index (χ3v) is 1.46. The summed E-state index contributed by atoms with van der Waals surface area (Å²) in [5.74, 6) is 0.361. The predicted molar refractivity (Wildman–Crippen MR) is 43.7 cm³/mol. The first kappa shape index (κ1) is 8.51. The molecule has 0 bridgehead atoms. The molecule has 0 saturated carbocycles. The Morgan fingerprint density at radius 1 is 1.83 bits per heavy atom. The Hall–Kier alpha value is -1.59. The number of carbonyl (C=O) groups is 1. The maximum Gasteiger partial charge on any atom is 0.323 e. The van der Waals surface area contributed by atoms with E-state index in [0.29, 0.717) is 12.5 Å². The molecular formula is C6H11N5O. The van der Waals surface area contributed by atoms with Gasteiger partial charge in [0.25, 0.3) is 0 Å². The van der Waals surface area contributed by atoms with Crippen LogP contribution in [0.4, 0.5) is 10.7 Å². The average Bonchev–Trinajstić information content (AvgIpc) is 2.55. The SMILES string of the molecule is CCN(C)C(=O)Nc1ncn[nH]1. The molecule has 2 amide bonds. The molecule has 0 aliphatic carbocycles. The normalized spacial score (nSPS) is 9.50. The van der Waals surface area contributed by atoms with E-state index in [1.165, 1.54) is 11.2 Å². The molecule has 6 nitrogen and oxygen atoms in total. The monoisotopic (exact) mass is 169 g/mol. The second-order valence-electron chi connectivity index (χ2n) is 2.28. The first-order chi connectivity index (χ1) is 5.74. The Morgan fingerprint density at radius 2 is 2.58 bits per heavy atom.